The van der Waals surface area contributed by atoms with Crippen molar-refractivity contribution in [1.29, 1.82) is 0 Å². The average molecular weight is 296 g/mol. The predicted molar refractivity (Wildman–Crippen MR) is 79.7 cm³/mol. The maximum Gasteiger partial charge on any atom is 0.215 e. The SMILES string of the molecule is CC(c1ccc2[nH]c3c(c2c1)CSCC3)S(N)(=O)=O. The van der Waals surface area contributed by atoms with E-state index in [2.05, 4.69) is 4.98 Å². The summed E-state index contributed by atoms with van der Waals surface area (Å²) in [5.41, 5.74) is 4.44. The number of thioether (sulfide) groups is 1. The largest absolute Gasteiger partial charge is 0.358 e. The Hall–Kier alpha value is -0.980. The smallest absolute Gasteiger partial charge is 0.215 e. The number of fused-ring (bicyclic) bond motifs is 3. The monoisotopic (exact) mass is 296 g/mol. The third kappa shape index (κ3) is 2.28. The lowest BCUT2D eigenvalue weighted by Crippen LogP contribution is -2.19. The van der Waals surface area contributed by atoms with Gasteiger partial charge in [-0.3, -0.25) is 0 Å². The van der Waals surface area contributed by atoms with Crippen molar-refractivity contribution >= 4 is 32.7 Å². The predicted octanol–water partition coefficient (Wildman–Crippen LogP) is 2.31. The standard InChI is InChI=1S/C13H16N2O2S2/c1-8(19(14,16)17)9-2-3-12-10(6-9)11-7-18-5-4-13(11)15-12/h2-3,6,8,15H,4-5,7H2,1H3,(H2,14,16,17). The highest BCUT2D eigenvalue weighted by atomic mass is 32.2. The maximum atomic E-state index is 11.5. The number of sulfonamides is 1. The summed E-state index contributed by atoms with van der Waals surface area (Å²) in [7, 11) is -3.54. The number of aryl methyl sites for hydroxylation is 1. The molecule has 0 radical (unpaired) electrons. The van der Waals surface area contributed by atoms with Crippen LogP contribution < -0.4 is 5.14 Å². The third-order valence-electron chi connectivity index (χ3n) is 3.72. The number of aromatic nitrogens is 1. The van der Waals surface area contributed by atoms with E-state index in [1.807, 2.05) is 30.0 Å². The van der Waals surface area contributed by atoms with Crippen molar-refractivity contribution < 1.29 is 8.42 Å². The second-order valence-corrected chi connectivity index (χ2v) is 7.91. The molecule has 1 aromatic carbocycles. The summed E-state index contributed by atoms with van der Waals surface area (Å²) in [4.78, 5) is 3.43. The Kier molecular flexibility index (Phi) is 3.11. The number of nitrogens with two attached hydrogens (primary N) is 1. The van der Waals surface area contributed by atoms with E-state index >= 15 is 0 Å². The minimum atomic E-state index is -3.54. The summed E-state index contributed by atoms with van der Waals surface area (Å²) in [6, 6.07) is 5.76. The van der Waals surface area contributed by atoms with Crippen LogP contribution in [0.1, 0.15) is 29.0 Å². The molecule has 1 aliphatic heterocycles. The molecule has 19 heavy (non-hydrogen) atoms. The number of hydrogen-bond donors (Lipinski definition) is 2. The zero-order valence-corrected chi connectivity index (χ0v) is 12.3. The van der Waals surface area contributed by atoms with Crippen LogP contribution in [0.4, 0.5) is 0 Å². The Bertz CT molecular complexity index is 734. The quantitative estimate of drug-likeness (QED) is 0.893. The molecule has 1 aliphatic rings. The Morgan fingerprint density at radius 2 is 2.21 bits per heavy atom. The molecule has 3 N–H and O–H groups in total. The van der Waals surface area contributed by atoms with Gasteiger partial charge in [-0.05, 0) is 42.4 Å². The fourth-order valence-corrected chi connectivity index (χ4v) is 4.04. The molecule has 0 saturated heterocycles. The van der Waals surface area contributed by atoms with Crippen LogP contribution in [0.2, 0.25) is 0 Å². The molecule has 3 rings (SSSR count). The van der Waals surface area contributed by atoms with Crippen LogP contribution in [0.5, 0.6) is 0 Å². The zero-order chi connectivity index (χ0) is 13.6. The summed E-state index contributed by atoms with van der Waals surface area (Å²) in [5, 5.41) is 5.70. The van der Waals surface area contributed by atoms with E-state index in [1.165, 1.54) is 11.3 Å². The summed E-state index contributed by atoms with van der Waals surface area (Å²) in [6.07, 6.45) is 1.05. The number of primary sulfonamides is 1. The first-order valence-electron chi connectivity index (χ1n) is 6.19. The second-order valence-electron chi connectivity index (χ2n) is 4.92. The van der Waals surface area contributed by atoms with Crippen LogP contribution in [-0.2, 0) is 22.2 Å². The molecule has 1 aromatic heterocycles. The molecule has 0 aliphatic carbocycles. The van der Waals surface area contributed by atoms with Crippen molar-refractivity contribution in [2.45, 2.75) is 24.3 Å². The molecule has 102 valence electrons. The Labute approximate surface area is 116 Å². The lowest BCUT2D eigenvalue weighted by molar-refractivity contribution is 0.588. The molecule has 0 fully saturated rings. The van der Waals surface area contributed by atoms with E-state index in [1.54, 1.807) is 6.92 Å². The molecule has 0 amide bonds. The highest BCUT2D eigenvalue weighted by Crippen LogP contribution is 2.33. The normalized spacial score (nSPS) is 17.4. The number of rotatable bonds is 2. The molecule has 0 bridgehead atoms. The Balaban J connectivity index is 2.15. The van der Waals surface area contributed by atoms with Crippen LogP contribution in [-0.4, -0.2) is 19.2 Å². The zero-order valence-electron chi connectivity index (χ0n) is 10.6. The van der Waals surface area contributed by atoms with Gasteiger partial charge in [0, 0.05) is 22.3 Å². The van der Waals surface area contributed by atoms with Gasteiger partial charge in [0.15, 0.2) is 0 Å². The minimum absolute atomic E-state index is 0.668. The van der Waals surface area contributed by atoms with Gasteiger partial charge in [-0.2, -0.15) is 11.8 Å². The molecular weight excluding hydrogens is 280 g/mol. The first-order valence-corrected chi connectivity index (χ1v) is 8.96. The summed E-state index contributed by atoms with van der Waals surface area (Å²) < 4.78 is 22.9. The first-order chi connectivity index (χ1) is 8.97. The number of H-pyrrole nitrogens is 1. The van der Waals surface area contributed by atoms with Gasteiger partial charge in [0.05, 0.1) is 5.25 Å². The highest BCUT2D eigenvalue weighted by Gasteiger charge is 2.20. The van der Waals surface area contributed by atoms with Crippen molar-refractivity contribution in [2.24, 2.45) is 5.14 Å². The molecule has 0 spiro atoms. The van der Waals surface area contributed by atoms with Crippen molar-refractivity contribution in [3.05, 3.63) is 35.0 Å². The van der Waals surface area contributed by atoms with Crippen LogP contribution in [0.25, 0.3) is 10.9 Å². The van der Waals surface area contributed by atoms with Gasteiger partial charge in [0.25, 0.3) is 0 Å². The van der Waals surface area contributed by atoms with Crippen LogP contribution >= 0.6 is 11.8 Å². The number of hydrogen-bond acceptors (Lipinski definition) is 3. The topological polar surface area (TPSA) is 76.0 Å². The van der Waals surface area contributed by atoms with E-state index in [0.717, 1.165) is 34.4 Å². The van der Waals surface area contributed by atoms with E-state index < -0.39 is 15.3 Å². The highest BCUT2D eigenvalue weighted by molar-refractivity contribution is 7.98. The van der Waals surface area contributed by atoms with Gasteiger partial charge < -0.3 is 4.98 Å². The number of benzene rings is 1. The number of aromatic amines is 1. The van der Waals surface area contributed by atoms with Crippen molar-refractivity contribution in [3.63, 3.8) is 0 Å². The van der Waals surface area contributed by atoms with E-state index in [9.17, 15) is 8.42 Å². The van der Waals surface area contributed by atoms with E-state index in [-0.39, 0.29) is 0 Å². The maximum absolute atomic E-state index is 11.5. The lowest BCUT2D eigenvalue weighted by atomic mass is 10.1. The van der Waals surface area contributed by atoms with Gasteiger partial charge in [0.1, 0.15) is 0 Å². The van der Waals surface area contributed by atoms with E-state index in [4.69, 9.17) is 5.14 Å². The Morgan fingerprint density at radius 3 is 2.95 bits per heavy atom. The fraction of sp³-hybridized carbons (Fsp3) is 0.385. The molecule has 1 atom stereocenters. The molecule has 2 heterocycles. The second kappa shape index (κ2) is 4.54. The van der Waals surface area contributed by atoms with Gasteiger partial charge in [-0.15, -0.1) is 0 Å². The van der Waals surface area contributed by atoms with Crippen LogP contribution in [0.15, 0.2) is 18.2 Å². The Morgan fingerprint density at radius 1 is 1.42 bits per heavy atom. The molecule has 2 aromatic rings. The minimum Gasteiger partial charge on any atom is -0.358 e. The molecule has 1 unspecified atom stereocenters. The fourth-order valence-electron chi connectivity index (χ4n) is 2.49. The molecule has 0 saturated carbocycles. The molecule has 6 heteroatoms. The molecule has 4 nitrogen and oxygen atoms in total. The van der Waals surface area contributed by atoms with Crippen molar-refractivity contribution in [3.8, 4) is 0 Å². The summed E-state index contributed by atoms with van der Waals surface area (Å²) in [5.74, 6) is 2.13. The summed E-state index contributed by atoms with van der Waals surface area (Å²) in [6.45, 7) is 1.63. The van der Waals surface area contributed by atoms with Gasteiger partial charge in [-0.1, -0.05) is 6.07 Å². The van der Waals surface area contributed by atoms with Gasteiger partial charge in [-0.25, -0.2) is 13.6 Å². The van der Waals surface area contributed by atoms with Crippen molar-refractivity contribution in [1.82, 2.24) is 4.98 Å². The van der Waals surface area contributed by atoms with Gasteiger partial charge >= 0.3 is 0 Å². The van der Waals surface area contributed by atoms with Crippen LogP contribution in [0, 0.1) is 0 Å². The lowest BCUT2D eigenvalue weighted by Gasteiger charge is -2.12. The third-order valence-corrected chi connectivity index (χ3v) is 5.97. The van der Waals surface area contributed by atoms with Gasteiger partial charge in [0.2, 0.25) is 10.0 Å². The van der Waals surface area contributed by atoms with Crippen molar-refractivity contribution in [2.75, 3.05) is 5.75 Å². The molecular formula is C13H16N2O2S2. The van der Waals surface area contributed by atoms with E-state index in [0.29, 0.717) is 0 Å². The first kappa shape index (κ1) is 13.0. The van der Waals surface area contributed by atoms with Crippen LogP contribution in [0.3, 0.4) is 0 Å². The number of nitrogens with one attached hydrogen (secondary N) is 1. The summed E-state index contributed by atoms with van der Waals surface area (Å²) >= 11 is 1.91. The average Bonchev–Trinajstić information content (AvgIpc) is 2.74.